The van der Waals surface area contributed by atoms with Crippen molar-refractivity contribution in [2.45, 2.75) is 19.7 Å². The average molecular weight is 298 g/mol. The minimum absolute atomic E-state index is 0.288. The van der Waals surface area contributed by atoms with Crippen molar-refractivity contribution >= 4 is 17.3 Å². The maximum Gasteiger partial charge on any atom is 0.573 e. The molecule has 0 aliphatic carbocycles. The normalized spacial score (nSPS) is 11.2. The highest BCUT2D eigenvalue weighted by Crippen LogP contribution is 2.25. The van der Waals surface area contributed by atoms with Crippen LogP contribution in [-0.4, -0.2) is 16.3 Å². The molecule has 5 nitrogen and oxygen atoms in total. The number of benzene rings is 1. The zero-order valence-electron chi connectivity index (χ0n) is 11.1. The molecule has 0 radical (unpaired) electrons. The van der Waals surface area contributed by atoms with Crippen molar-refractivity contribution in [2.75, 3.05) is 11.1 Å². The summed E-state index contributed by atoms with van der Waals surface area (Å²) in [6, 6.07) is 6.86. The minimum atomic E-state index is -4.70. The molecule has 1 aromatic carbocycles. The van der Waals surface area contributed by atoms with Gasteiger partial charge in [-0.3, -0.25) is 0 Å². The summed E-state index contributed by atoms with van der Waals surface area (Å²) >= 11 is 0. The Bertz CT molecular complexity index is 614. The van der Waals surface area contributed by atoms with Crippen molar-refractivity contribution in [2.24, 2.45) is 0 Å². The first-order valence-corrected chi connectivity index (χ1v) is 6.12. The van der Waals surface area contributed by atoms with Crippen LogP contribution in [0.25, 0.3) is 0 Å². The van der Waals surface area contributed by atoms with Gasteiger partial charge in [0.1, 0.15) is 23.2 Å². The molecule has 3 N–H and O–H groups in total. The van der Waals surface area contributed by atoms with Crippen LogP contribution in [-0.2, 0) is 6.42 Å². The van der Waals surface area contributed by atoms with Gasteiger partial charge in [0.05, 0.1) is 0 Å². The van der Waals surface area contributed by atoms with E-state index in [9.17, 15) is 13.2 Å². The largest absolute Gasteiger partial charge is 0.573 e. The number of nitrogens with one attached hydrogen (secondary N) is 1. The van der Waals surface area contributed by atoms with Crippen LogP contribution in [0, 0.1) is 0 Å². The van der Waals surface area contributed by atoms with Gasteiger partial charge in [0.25, 0.3) is 0 Å². The number of nitrogen functional groups attached to an aromatic ring is 1. The van der Waals surface area contributed by atoms with E-state index in [1.54, 1.807) is 6.07 Å². The Balaban J connectivity index is 2.11. The lowest BCUT2D eigenvalue weighted by atomic mass is 10.3. The van der Waals surface area contributed by atoms with E-state index in [0.717, 1.165) is 0 Å². The van der Waals surface area contributed by atoms with Crippen molar-refractivity contribution in [3.63, 3.8) is 0 Å². The minimum Gasteiger partial charge on any atom is -0.406 e. The monoisotopic (exact) mass is 298 g/mol. The SMILES string of the molecule is CCc1nc(N)cc(Nc2ccc(OC(F)(F)F)cc2)n1. The molecule has 0 atom stereocenters. The number of rotatable bonds is 4. The highest BCUT2D eigenvalue weighted by atomic mass is 19.4. The standard InChI is InChI=1S/C13H13F3N4O/c1-2-11-19-10(17)7-12(20-11)18-8-3-5-9(6-4-8)21-13(14,15)16/h3-7H,2H2,1H3,(H3,17,18,19,20). The molecule has 0 fully saturated rings. The Morgan fingerprint density at radius 2 is 1.86 bits per heavy atom. The molecule has 0 unspecified atom stereocenters. The van der Waals surface area contributed by atoms with Crippen LogP contribution < -0.4 is 15.8 Å². The summed E-state index contributed by atoms with van der Waals surface area (Å²) in [5, 5.41) is 2.94. The van der Waals surface area contributed by atoms with Gasteiger partial charge in [-0.15, -0.1) is 13.2 Å². The van der Waals surface area contributed by atoms with Crippen molar-refractivity contribution in [3.05, 3.63) is 36.2 Å². The summed E-state index contributed by atoms with van der Waals surface area (Å²) in [4.78, 5) is 8.25. The van der Waals surface area contributed by atoms with Gasteiger partial charge in [0.2, 0.25) is 0 Å². The summed E-state index contributed by atoms with van der Waals surface area (Å²) < 4.78 is 39.9. The van der Waals surface area contributed by atoms with Crippen LogP contribution in [0.1, 0.15) is 12.7 Å². The molecule has 21 heavy (non-hydrogen) atoms. The lowest BCUT2D eigenvalue weighted by molar-refractivity contribution is -0.274. The Morgan fingerprint density at radius 3 is 2.43 bits per heavy atom. The third kappa shape index (κ3) is 4.51. The number of halogens is 3. The van der Waals surface area contributed by atoms with E-state index < -0.39 is 6.36 Å². The summed E-state index contributed by atoms with van der Waals surface area (Å²) in [5.41, 5.74) is 6.21. The number of alkyl halides is 3. The lowest BCUT2D eigenvalue weighted by Crippen LogP contribution is -2.17. The van der Waals surface area contributed by atoms with Gasteiger partial charge in [0, 0.05) is 18.2 Å². The highest BCUT2D eigenvalue weighted by Gasteiger charge is 2.30. The Hall–Kier alpha value is -2.51. The van der Waals surface area contributed by atoms with Crippen molar-refractivity contribution in [3.8, 4) is 5.75 Å². The topological polar surface area (TPSA) is 73.1 Å². The summed E-state index contributed by atoms with van der Waals surface area (Å²) in [6.45, 7) is 1.89. The van der Waals surface area contributed by atoms with Crippen molar-refractivity contribution in [1.82, 2.24) is 9.97 Å². The summed E-state index contributed by atoms with van der Waals surface area (Å²) in [7, 11) is 0. The predicted octanol–water partition coefficient (Wildman–Crippen LogP) is 3.26. The molecule has 0 aliphatic heterocycles. The zero-order valence-corrected chi connectivity index (χ0v) is 11.1. The maximum absolute atomic E-state index is 12.0. The van der Waals surface area contributed by atoms with E-state index >= 15 is 0 Å². The molecule has 112 valence electrons. The number of ether oxygens (including phenoxy) is 1. The first-order chi connectivity index (χ1) is 9.85. The van der Waals surface area contributed by atoms with Gasteiger partial charge in [0.15, 0.2) is 0 Å². The Kier molecular flexibility index (Phi) is 4.15. The number of aromatic nitrogens is 2. The average Bonchev–Trinajstić information content (AvgIpc) is 2.38. The van der Waals surface area contributed by atoms with Crippen LogP contribution in [0.2, 0.25) is 0 Å². The molecule has 1 aromatic heterocycles. The molecule has 0 amide bonds. The van der Waals surface area contributed by atoms with E-state index in [1.165, 1.54) is 24.3 Å². The molecule has 1 heterocycles. The summed E-state index contributed by atoms with van der Waals surface area (Å²) in [6.07, 6.45) is -4.08. The quantitative estimate of drug-likeness (QED) is 0.906. The third-order valence-corrected chi connectivity index (χ3v) is 2.47. The van der Waals surface area contributed by atoms with E-state index in [4.69, 9.17) is 5.73 Å². The van der Waals surface area contributed by atoms with Crippen LogP contribution in [0.5, 0.6) is 5.75 Å². The molecule has 0 saturated carbocycles. The molecule has 0 spiro atoms. The molecule has 2 rings (SSSR count). The van der Waals surface area contributed by atoms with Gasteiger partial charge in [-0.25, -0.2) is 9.97 Å². The van der Waals surface area contributed by atoms with Crippen molar-refractivity contribution < 1.29 is 17.9 Å². The number of nitrogens with zero attached hydrogens (tertiary/aromatic N) is 2. The fourth-order valence-electron chi connectivity index (χ4n) is 1.63. The second-order valence-electron chi connectivity index (χ2n) is 4.15. The van der Waals surface area contributed by atoms with Crippen LogP contribution in [0.15, 0.2) is 30.3 Å². The molecule has 8 heteroatoms. The fraction of sp³-hybridized carbons (Fsp3) is 0.231. The number of aryl methyl sites for hydroxylation is 1. The van der Waals surface area contributed by atoms with Gasteiger partial charge < -0.3 is 15.8 Å². The lowest BCUT2D eigenvalue weighted by Gasteiger charge is -2.10. The molecule has 0 saturated heterocycles. The molecular formula is C13H13F3N4O. The van der Waals surface area contributed by atoms with Crippen molar-refractivity contribution in [1.29, 1.82) is 0 Å². The molecule has 0 bridgehead atoms. The Morgan fingerprint density at radius 1 is 1.19 bits per heavy atom. The first-order valence-electron chi connectivity index (χ1n) is 6.12. The zero-order chi connectivity index (χ0) is 15.5. The molecule has 2 aromatic rings. The molecular weight excluding hydrogens is 285 g/mol. The van der Waals surface area contributed by atoms with E-state index in [1.807, 2.05) is 6.92 Å². The summed E-state index contributed by atoms with van der Waals surface area (Å²) in [5.74, 6) is 1.09. The van der Waals surface area contributed by atoms with Crippen LogP contribution in [0.4, 0.5) is 30.5 Å². The van der Waals surface area contributed by atoms with E-state index in [2.05, 4.69) is 20.0 Å². The highest BCUT2D eigenvalue weighted by molar-refractivity contribution is 5.59. The van der Waals surface area contributed by atoms with Gasteiger partial charge in [-0.2, -0.15) is 0 Å². The van der Waals surface area contributed by atoms with E-state index in [-0.39, 0.29) is 5.75 Å². The number of anilines is 3. The van der Waals surface area contributed by atoms with E-state index in [0.29, 0.717) is 29.6 Å². The predicted molar refractivity (Wildman–Crippen MR) is 72.2 cm³/mol. The fourth-order valence-corrected chi connectivity index (χ4v) is 1.63. The maximum atomic E-state index is 12.0. The number of hydrogen-bond donors (Lipinski definition) is 2. The van der Waals surface area contributed by atoms with Gasteiger partial charge >= 0.3 is 6.36 Å². The second kappa shape index (κ2) is 5.86. The van der Waals surface area contributed by atoms with Gasteiger partial charge in [-0.05, 0) is 24.3 Å². The number of nitrogens with two attached hydrogens (primary N) is 1. The third-order valence-electron chi connectivity index (χ3n) is 2.47. The van der Waals surface area contributed by atoms with Crippen LogP contribution in [0.3, 0.4) is 0 Å². The molecule has 0 aliphatic rings. The smallest absolute Gasteiger partial charge is 0.406 e. The first kappa shape index (κ1) is 14.9. The number of hydrogen-bond acceptors (Lipinski definition) is 5. The van der Waals surface area contributed by atoms with Crippen LogP contribution >= 0.6 is 0 Å². The second-order valence-corrected chi connectivity index (χ2v) is 4.15. The Labute approximate surface area is 119 Å². The van der Waals surface area contributed by atoms with Gasteiger partial charge in [-0.1, -0.05) is 6.92 Å².